The SMILES string of the molecule is O=C(OCc1ccccc1)N1CCCC(NCc2c(C3CCOCC3)n(-c3ccc(F)cc3)c3cc4cn[nH]c4cc23)C1. The number of piperidine rings is 1. The van der Waals surface area contributed by atoms with E-state index < -0.39 is 0 Å². The van der Waals surface area contributed by atoms with Crippen molar-refractivity contribution in [1.82, 2.24) is 25.0 Å². The summed E-state index contributed by atoms with van der Waals surface area (Å²) in [4.78, 5) is 14.8. The highest BCUT2D eigenvalue weighted by molar-refractivity contribution is 5.98. The van der Waals surface area contributed by atoms with Crippen LogP contribution in [0.3, 0.4) is 0 Å². The largest absolute Gasteiger partial charge is 0.445 e. The molecule has 0 aliphatic carbocycles. The molecule has 1 unspecified atom stereocenters. The monoisotopic (exact) mass is 581 g/mol. The first-order valence-electron chi connectivity index (χ1n) is 15.2. The van der Waals surface area contributed by atoms with Gasteiger partial charge < -0.3 is 24.3 Å². The van der Waals surface area contributed by atoms with Crippen LogP contribution in [0, 0.1) is 5.82 Å². The number of amides is 1. The second kappa shape index (κ2) is 12.2. The Morgan fingerprint density at radius 2 is 1.88 bits per heavy atom. The third kappa shape index (κ3) is 5.75. The van der Waals surface area contributed by atoms with Gasteiger partial charge in [-0.2, -0.15) is 5.10 Å². The molecule has 2 saturated heterocycles. The summed E-state index contributed by atoms with van der Waals surface area (Å²) < 4.78 is 27.7. The number of halogens is 1. The molecule has 43 heavy (non-hydrogen) atoms. The van der Waals surface area contributed by atoms with Crippen LogP contribution in [-0.4, -0.2) is 58.1 Å². The molecule has 2 N–H and O–H groups in total. The van der Waals surface area contributed by atoms with Crippen molar-refractivity contribution in [3.8, 4) is 5.69 Å². The molecule has 7 rings (SSSR count). The summed E-state index contributed by atoms with van der Waals surface area (Å²) in [6.07, 6.45) is 5.32. The minimum atomic E-state index is -0.271. The van der Waals surface area contributed by atoms with Gasteiger partial charge in [-0.25, -0.2) is 9.18 Å². The van der Waals surface area contributed by atoms with Crippen LogP contribution >= 0.6 is 0 Å². The number of hydrogen-bond acceptors (Lipinski definition) is 5. The number of H-pyrrole nitrogens is 1. The van der Waals surface area contributed by atoms with Gasteiger partial charge >= 0.3 is 6.09 Å². The van der Waals surface area contributed by atoms with E-state index in [1.165, 1.54) is 23.4 Å². The standard InChI is InChI=1S/C34H36FN5O3/c35-26-8-10-28(11-9-26)40-32-17-25-19-37-38-31(25)18-29(32)30(33(40)24-12-15-42-16-13-24)20-36-27-7-4-14-39(21-27)34(41)43-22-23-5-2-1-3-6-23/h1-3,5-6,8-11,17-19,24,27,36H,4,7,12-16,20-22H2,(H,37,38). The summed E-state index contributed by atoms with van der Waals surface area (Å²) in [6, 6.07) is 21.0. The van der Waals surface area contributed by atoms with E-state index in [0.29, 0.717) is 25.6 Å². The molecular weight excluding hydrogens is 545 g/mol. The van der Waals surface area contributed by atoms with E-state index in [4.69, 9.17) is 9.47 Å². The highest BCUT2D eigenvalue weighted by atomic mass is 19.1. The molecule has 0 bridgehead atoms. The van der Waals surface area contributed by atoms with Gasteiger partial charge in [0.05, 0.1) is 17.2 Å². The van der Waals surface area contributed by atoms with Crippen LogP contribution in [0.25, 0.3) is 27.5 Å². The zero-order chi connectivity index (χ0) is 29.2. The van der Waals surface area contributed by atoms with Crippen molar-refractivity contribution in [2.45, 2.75) is 50.8 Å². The summed E-state index contributed by atoms with van der Waals surface area (Å²) >= 11 is 0. The average Bonchev–Trinajstić information content (AvgIpc) is 3.64. The Morgan fingerprint density at radius 3 is 2.70 bits per heavy atom. The van der Waals surface area contributed by atoms with Crippen LogP contribution in [0.15, 0.2) is 72.9 Å². The fraction of sp³-hybridized carbons (Fsp3) is 0.353. The summed E-state index contributed by atoms with van der Waals surface area (Å²) in [6.45, 7) is 3.65. The Labute approximate surface area is 249 Å². The Morgan fingerprint density at radius 1 is 1.07 bits per heavy atom. The van der Waals surface area contributed by atoms with Crippen molar-refractivity contribution in [2.75, 3.05) is 26.3 Å². The molecule has 5 aromatic rings. The number of benzene rings is 3. The fourth-order valence-electron chi connectivity index (χ4n) is 6.63. The van der Waals surface area contributed by atoms with Crippen molar-refractivity contribution in [2.24, 2.45) is 0 Å². The first-order chi connectivity index (χ1) is 21.1. The molecular formula is C34H36FN5O3. The van der Waals surface area contributed by atoms with Gasteiger partial charge in [-0.3, -0.25) is 5.10 Å². The number of nitrogens with zero attached hydrogens (tertiary/aromatic N) is 3. The first-order valence-corrected chi connectivity index (χ1v) is 15.2. The Hall–Kier alpha value is -4.21. The molecule has 9 heteroatoms. The maximum absolute atomic E-state index is 14.0. The predicted octanol–water partition coefficient (Wildman–Crippen LogP) is 6.43. The minimum absolute atomic E-state index is 0.140. The van der Waals surface area contributed by atoms with Gasteiger partial charge in [-0.15, -0.1) is 0 Å². The molecule has 2 aromatic heterocycles. The van der Waals surface area contributed by atoms with E-state index in [-0.39, 0.29) is 24.6 Å². The number of aromatic amines is 1. The van der Waals surface area contributed by atoms with E-state index in [1.54, 1.807) is 0 Å². The fourth-order valence-corrected chi connectivity index (χ4v) is 6.63. The number of carbonyl (C=O) groups excluding carboxylic acids is 1. The number of fused-ring (bicyclic) bond motifs is 2. The second-order valence-electron chi connectivity index (χ2n) is 11.6. The third-order valence-electron chi connectivity index (χ3n) is 8.82. The quantitative estimate of drug-likeness (QED) is 0.231. The third-order valence-corrected chi connectivity index (χ3v) is 8.82. The molecule has 0 spiro atoms. The van der Waals surface area contributed by atoms with Gasteiger partial charge in [0.2, 0.25) is 0 Å². The van der Waals surface area contributed by atoms with E-state index >= 15 is 0 Å². The summed E-state index contributed by atoms with van der Waals surface area (Å²) in [5, 5.41) is 13.4. The molecule has 222 valence electrons. The lowest BCUT2D eigenvalue weighted by molar-refractivity contribution is 0.0828. The van der Waals surface area contributed by atoms with Crippen molar-refractivity contribution in [3.05, 3.63) is 95.6 Å². The maximum atomic E-state index is 14.0. The normalized spacial score (nSPS) is 18.0. The summed E-state index contributed by atoms with van der Waals surface area (Å²) in [5.41, 5.74) is 6.45. The molecule has 2 fully saturated rings. The van der Waals surface area contributed by atoms with E-state index in [9.17, 15) is 9.18 Å². The molecule has 1 amide bonds. The van der Waals surface area contributed by atoms with Crippen LogP contribution in [0.5, 0.6) is 0 Å². The molecule has 0 radical (unpaired) electrons. The second-order valence-corrected chi connectivity index (χ2v) is 11.6. The Kier molecular flexibility index (Phi) is 7.82. The Bertz CT molecular complexity index is 1710. The molecule has 8 nitrogen and oxygen atoms in total. The number of nitrogens with one attached hydrogen (secondary N) is 2. The van der Waals surface area contributed by atoms with Gasteiger partial charge in [0.1, 0.15) is 12.4 Å². The molecule has 1 atom stereocenters. The maximum Gasteiger partial charge on any atom is 0.410 e. The van der Waals surface area contributed by atoms with Crippen molar-refractivity contribution in [1.29, 1.82) is 0 Å². The highest BCUT2D eigenvalue weighted by Crippen LogP contribution is 2.39. The van der Waals surface area contributed by atoms with Gasteiger partial charge in [0.15, 0.2) is 0 Å². The van der Waals surface area contributed by atoms with Crippen molar-refractivity contribution in [3.63, 3.8) is 0 Å². The van der Waals surface area contributed by atoms with Crippen LogP contribution in [-0.2, 0) is 22.6 Å². The first kappa shape index (κ1) is 27.6. The lowest BCUT2D eigenvalue weighted by atomic mass is 9.92. The summed E-state index contributed by atoms with van der Waals surface area (Å²) in [7, 11) is 0. The smallest absolute Gasteiger partial charge is 0.410 e. The number of ether oxygens (including phenoxy) is 2. The number of rotatable bonds is 7. The van der Waals surface area contributed by atoms with Crippen LogP contribution in [0.2, 0.25) is 0 Å². The average molecular weight is 582 g/mol. The topological polar surface area (TPSA) is 84.4 Å². The van der Waals surface area contributed by atoms with E-state index in [0.717, 1.165) is 72.0 Å². The zero-order valence-corrected chi connectivity index (χ0v) is 24.1. The lowest BCUT2D eigenvalue weighted by Gasteiger charge is -2.33. The zero-order valence-electron chi connectivity index (χ0n) is 24.1. The molecule has 2 aliphatic heterocycles. The van der Waals surface area contributed by atoms with Crippen LogP contribution in [0.1, 0.15) is 48.4 Å². The predicted molar refractivity (Wildman–Crippen MR) is 164 cm³/mol. The molecule has 2 aliphatic rings. The number of carbonyl (C=O) groups is 1. The van der Waals surface area contributed by atoms with Crippen LogP contribution in [0.4, 0.5) is 9.18 Å². The highest BCUT2D eigenvalue weighted by Gasteiger charge is 2.29. The molecule has 4 heterocycles. The van der Waals surface area contributed by atoms with Gasteiger partial charge in [0, 0.05) is 67.0 Å². The Balaban J connectivity index is 1.19. The number of likely N-dealkylation sites (tertiary alicyclic amines) is 1. The number of aromatic nitrogens is 3. The van der Waals surface area contributed by atoms with Gasteiger partial charge in [-0.05, 0) is 73.2 Å². The molecule has 0 saturated carbocycles. The van der Waals surface area contributed by atoms with Crippen LogP contribution < -0.4 is 5.32 Å². The lowest BCUT2D eigenvalue weighted by Crippen LogP contribution is -2.48. The van der Waals surface area contributed by atoms with Crippen molar-refractivity contribution >= 4 is 27.9 Å². The number of hydrogen-bond donors (Lipinski definition) is 2. The van der Waals surface area contributed by atoms with E-state index in [1.807, 2.05) is 53.6 Å². The van der Waals surface area contributed by atoms with E-state index in [2.05, 4.69) is 32.2 Å². The minimum Gasteiger partial charge on any atom is -0.445 e. The van der Waals surface area contributed by atoms with Gasteiger partial charge in [-0.1, -0.05) is 30.3 Å². The molecule has 3 aromatic carbocycles. The summed E-state index contributed by atoms with van der Waals surface area (Å²) in [5.74, 6) is 0.0476. The van der Waals surface area contributed by atoms with Gasteiger partial charge in [0.25, 0.3) is 0 Å². The van der Waals surface area contributed by atoms with Crippen molar-refractivity contribution < 1.29 is 18.7 Å².